The van der Waals surface area contributed by atoms with Gasteiger partial charge < -0.3 is 10.0 Å². The van der Waals surface area contributed by atoms with Gasteiger partial charge in [0.25, 0.3) is 0 Å². The van der Waals surface area contributed by atoms with Crippen LogP contribution in [-0.4, -0.2) is 28.9 Å². The van der Waals surface area contributed by atoms with E-state index in [4.69, 9.17) is 5.11 Å². The van der Waals surface area contributed by atoms with Crippen molar-refractivity contribution in [3.05, 3.63) is 35.4 Å². The first kappa shape index (κ1) is 12.1. The van der Waals surface area contributed by atoms with Gasteiger partial charge in [-0.2, -0.15) is 0 Å². The number of carboxylic acids is 1. The number of hydrogen-bond donors (Lipinski definition) is 1. The van der Waals surface area contributed by atoms with E-state index >= 15 is 0 Å². The summed E-state index contributed by atoms with van der Waals surface area (Å²) in [7, 11) is 1.26. The number of carboxylic acid groups (broad SMARTS) is 1. The average molecular weight is 229 g/mol. The minimum Gasteiger partial charge on any atom is -0.474 e. The van der Waals surface area contributed by atoms with Crippen molar-refractivity contribution < 1.29 is 23.5 Å². The third kappa shape index (κ3) is 2.75. The molecule has 0 atom stereocenters. The van der Waals surface area contributed by atoms with Crippen LogP contribution in [0.3, 0.4) is 0 Å². The van der Waals surface area contributed by atoms with E-state index in [2.05, 4.69) is 0 Å². The first-order chi connectivity index (χ1) is 7.41. The number of benzene rings is 1. The predicted octanol–water partition coefficient (Wildman–Crippen LogP) is 1.01. The molecule has 0 aromatic heterocycles. The number of aliphatic carboxylic acids is 1. The van der Waals surface area contributed by atoms with E-state index in [-0.39, 0.29) is 6.54 Å². The maximum absolute atomic E-state index is 12.8. The van der Waals surface area contributed by atoms with Crippen molar-refractivity contribution >= 4 is 11.9 Å². The Kier molecular flexibility index (Phi) is 3.55. The molecule has 0 saturated carbocycles. The highest BCUT2D eigenvalue weighted by atomic mass is 19.2. The molecule has 1 aromatic carbocycles. The van der Waals surface area contributed by atoms with E-state index in [9.17, 15) is 18.4 Å². The first-order valence-corrected chi connectivity index (χ1v) is 4.34. The first-order valence-electron chi connectivity index (χ1n) is 4.34. The summed E-state index contributed by atoms with van der Waals surface area (Å²) in [6, 6.07) is 3.12. The Morgan fingerprint density at radius 3 is 2.44 bits per heavy atom. The summed E-state index contributed by atoms with van der Waals surface area (Å²) < 4.78 is 25.4. The van der Waals surface area contributed by atoms with Gasteiger partial charge >= 0.3 is 11.9 Å². The van der Waals surface area contributed by atoms with E-state index in [1.807, 2.05) is 0 Å². The van der Waals surface area contributed by atoms with Crippen molar-refractivity contribution in [2.24, 2.45) is 0 Å². The van der Waals surface area contributed by atoms with Crippen LogP contribution >= 0.6 is 0 Å². The zero-order valence-corrected chi connectivity index (χ0v) is 8.41. The van der Waals surface area contributed by atoms with Crippen LogP contribution in [0, 0.1) is 11.6 Å². The number of hydrogen-bond acceptors (Lipinski definition) is 2. The van der Waals surface area contributed by atoms with Crippen molar-refractivity contribution in [2.45, 2.75) is 6.54 Å². The normalized spacial score (nSPS) is 9.94. The molecule has 1 rings (SSSR count). The van der Waals surface area contributed by atoms with Gasteiger partial charge in [0.05, 0.1) is 0 Å². The second-order valence-electron chi connectivity index (χ2n) is 3.21. The smallest absolute Gasteiger partial charge is 0.394 e. The number of likely N-dealkylation sites (N-methyl/N-ethyl adjacent to an activating group) is 1. The molecule has 0 aliphatic carbocycles. The Labute approximate surface area is 90.1 Å². The van der Waals surface area contributed by atoms with Crippen molar-refractivity contribution in [1.82, 2.24) is 4.90 Å². The summed E-state index contributed by atoms with van der Waals surface area (Å²) in [4.78, 5) is 22.2. The van der Waals surface area contributed by atoms with Crippen molar-refractivity contribution in [3.63, 3.8) is 0 Å². The number of nitrogens with zero attached hydrogens (tertiary/aromatic N) is 1. The fourth-order valence-corrected chi connectivity index (χ4v) is 1.15. The van der Waals surface area contributed by atoms with Gasteiger partial charge in [-0.3, -0.25) is 4.79 Å². The van der Waals surface area contributed by atoms with Crippen LogP contribution in [0.15, 0.2) is 18.2 Å². The van der Waals surface area contributed by atoms with Gasteiger partial charge in [0.2, 0.25) is 0 Å². The van der Waals surface area contributed by atoms with Crippen LogP contribution in [0.4, 0.5) is 8.78 Å². The van der Waals surface area contributed by atoms with Crippen LogP contribution in [0.1, 0.15) is 5.56 Å². The van der Waals surface area contributed by atoms with Gasteiger partial charge in [-0.15, -0.1) is 0 Å². The molecule has 1 amide bonds. The zero-order chi connectivity index (χ0) is 12.3. The Balaban J connectivity index is 2.77. The molecule has 0 unspecified atom stereocenters. The van der Waals surface area contributed by atoms with Gasteiger partial charge in [0, 0.05) is 13.6 Å². The summed E-state index contributed by atoms with van der Waals surface area (Å²) in [5, 5.41) is 8.40. The van der Waals surface area contributed by atoms with Crippen LogP contribution in [0.5, 0.6) is 0 Å². The highest BCUT2D eigenvalue weighted by Crippen LogP contribution is 2.10. The minimum atomic E-state index is -1.59. The number of amides is 1. The van der Waals surface area contributed by atoms with Crippen LogP contribution in [0.2, 0.25) is 0 Å². The Morgan fingerprint density at radius 2 is 1.94 bits per heavy atom. The molecule has 0 bridgehead atoms. The van der Waals surface area contributed by atoms with E-state index < -0.39 is 23.5 Å². The van der Waals surface area contributed by atoms with Crippen LogP contribution < -0.4 is 0 Å². The quantitative estimate of drug-likeness (QED) is 0.770. The Bertz CT molecular complexity index is 434. The average Bonchev–Trinajstić information content (AvgIpc) is 2.22. The van der Waals surface area contributed by atoms with E-state index in [1.165, 1.54) is 13.1 Å². The lowest BCUT2D eigenvalue weighted by molar-refractivity contribution is -0.155. The summed E-state index contributed by atoms with van der Waals surface area (Å²) in [6.45, 7) is -0.0949. The molecule has 0 radical (unpaired) electrons. The molecule has 1 N–H and O–H groups in total. The SMILES string of the molecule is CN(Cc1ccc(F)c(F)c1)C(=O)C(=O)O. The van der Waals surface area contributed by atoms with Gasteiger partial charge in [-0.05, 0) is 17.7 Å². The predicted molar refractivity (Wildman–Crippen MR) is 50.5 cm³/mol. The van der Waals surface area contributed by atoms with E-state index in [0.29, 0.717) is 5.56 Å². The Morgan fingerprint density at radius 1 is 1.31 bits per heavy atom. The fraction of sp³-hybridized carbons (Fsp3) is 0.200. The Hall–Kier alpha value is -1.98. The maximum atomic E-state index is 12.8. The monoisotopic (exact) mass is 229 g/mol. The zero-order valence-electron chi connectivity index (χ0n) is 8.41. The number of rotatable bonds is 2. The van der Waals surface area contributed by atoms with Gasteiger partial charge in [0.15, 0.2) is 11.6 Å². The molecule has 6 heteroatoms. The maximum Gasteiger partial charge on any atom is 0.394 e. The standard InChI is InChI=1S/C10H9F2NO3/c1-13(9(14)10(15)16)5-6-2-3-7(11)8(12)4-6/h2-4H,5H2,1H3,(H,15,16). The molecule has 16 heavy (non-hydrogen) atoms. The van der Waals surface area contributed by atoms with Gasteiger partial charge in [-0.25, -0.2) is 13.6 Å². The third-order valence-corrected chi connectivity index (χ3v) is 1.93. The van der Waals surface area contributed by atoms with Gasteiger partial charge in [0.1, 0.15) is 0 Å². The lowest BCUT2D eigenvalue weighted by Gasteiger charge is -2.14. The lowest BCUT2D eigenvalue weighted by atomic mass is 10.2. The number of carbonyl (C=O) groups excluding carboxylic acids is 1. The summed E-state index contributed by atoms with van der Waals surface area (Å²) in [6.07, 6.45) is 0. The molecule has 0 aliphatic heterocycles. The van der Waals surface area contributed by atoms with Crippen molar-refractivity contribution in [3.8, 4) is 0 Å². The third-order valence-electron chi connectivity index (χ3n) is 1.93. The molecule has 0 heterocycles. The number of carbonyl (C=O) groups is 2. The highest BCUT2D eigenvalue weighted by molar-refractivity contribution is 6.31. The van der Waals surface area contributed by atoms with Crippen LogP contribution in [-0.2, 0) is 16.1 Å². The second-order valence-corrected chi connectivity index (χ2v) is 3.21. The fourth-order valence-electron chi connectivity index (χ4n) is 1.15. The summed E-state index contributed by atoms with van der Waals surface area (Å²) >= 11 is 0. The summed E-state index contributed by atoms with van der Waals surface area (Å²) in [5.41, 5.74) is 0.316. The molecule has 0 fully saturated rings. The molecular formula is C10H9F2NO3. The van der Waals surface area contributed by atoms with Crippen LogP contribution in [0.25, 0.3) is 0 Å². The van der Waals surface area contributed by atoms with Crippen molar-refractivity contribution in [2.75, 3.05) is 7.05 Å². The highest BCUT2D eigenvalue weighted by Gasteiger charge is 2.17. The molecule has 4 nitrogen and oxygen atoms in total. The molecule has 86 valence electrons. The lowest BCUT2D eigenvalue weighted by Crippen LogP contribution is -2.32. The molecule has 0 saturated heterocycles. The molecule has 0 spiro atoms. The largest absolute Gasteiger partial charge is 0.474 e. The summed E-state index contributed by atoms with van der Waals surface area (Å²) in [5.74, 6) is -4.72. The topological polar surface area (TPSA) is 57.6 Å². The molecule has 1 aromatic rings. The van der Waals surface area contributed by atoms with Crippen molar-refractivity contribution in [1.29, 1.82) is 0 Å². The van der Waals surface area contributed by atoms with E-state index in [0.717, 1.165) is 17.0 Å². The molecular weight excluding hydrogens is 220 g/mol. The van der Waals surface area contributed by atoms with E-state index in [1.54, 1.807) is 0 Å². The van der Waals surface area contributed by atoms with Gasteiger partial charge in [-0.1, -0.05) is 6.07 Å². The number of halogens is 2. The minimum absolute atomic E-state index is 0.0949. The second kappa shape index (κ2) is 4.69. The molecule has 0 aliphatic rings.